The van der Waals surface area contributed by atoms with E-state index >= 15 is 0 Å². The number of nitrogens with two attached hydrogens (primary N) is 1. The molecule has 0 spiro atoms. The molecule has 1 atom stereocenters. The standard InChI is InChI=1S/C17H25N7O/c18-13-3-5-14(6-4-13)24-11-16(21-22-24)17(25)23-9-1-2-12(10-23)15-7-8-19-20-15/h7-8,11-14H,1-6,9-10,18H2,(H,19,20)/t12-,13?,14?/m0/s1. The van der Waals surface area contributed by atoms with Gasteiger partial charge in [0.15, 0.2) is 5.69 Å². The summed E-state index contributed by atoms with van der Waals surface area (Å²) in [5.41, 5.74) is 7.51. The van der Waals surface area contributed by atoms with E-state index in [2.05, 4.69) is 20.5 Å². The predicted octanol–water partition coefficient (Wildman–Crippen LogP) is 1.46. The van der Waals surface area contributed by atoms with Gasteiger partial charge in [0.25, 0.3) is 5.91 Å². The summed E-state index contributed by atoms with van der Waals surface area (Å²) in [5.74, 6) is 0.290. The van der Waals surface area contributed by atoms with Crippen molar-refractivity contribution in [2.75, 3.05) is 13.1 Å². The van der Waals surface area contributed by atoms with Crippen LogP contribution in [0, 0.1) is 0 Å². The van der Waals surface area contributed by atoms with Crippen LogP contribution >= 0.6 is 0 Å². The SMILES string of the molecule is NC1CCC(n2cc(C(=O)N3CCC[C@H](c4ccn[nH]4)C3)nn2)CC1. The van der Waals surface area contributed by atoms with Crippen molar-refractivity contribution in [3.05, 3.63) is 29.8 Å². The smallest absolute Gasteiger partial charge is 0.276 e. The number of piperidine rings is 1. The fourth-order valence-electron chi connectivity index (χ4n) is 3.99. The van der Waals surface area contributed by atoms with Gasteiger partial charge in [-0.3, -0.25) is 9.89 Å². The Hall–Kier alpha value is -2.22. The molecule has 134 valence electrons. The number of hydrogen-bond acceptors (Lipinski definition) is 5. The van der Waals surface area contributed by atoms with Crippen molar-refractivity contribution in [1.29, 1.82) is 0 Å². The normalized spacial score (nSPS) is 27.4. The molecule has 1 aliphatic carbocycles. The lowest BCUT2D eigenvalue weighted by molar-refractivity contribution is 0.0699. The van der Waals surface area contributed by atoms with E-state index in [-0.39, 0.29) is 5.91 Å². The van der Waals surface area contributed by atoms with Gasteiger partial charge in [0, 0.05) is 36.9 Å². The highest BCUT2D eigenvalue weighted by Crippen LogP contribution is 2.28. The molecule has 8 heteroatoms. The minimum atomic E-state index is -0.0250. The Balaban J connectivity index is 1.42. The molecule has 0 aromatic carbocycles. The zero-order valence-electron chi connectivity index (χ0n) is 14.3. The van der Waals surface area contributed by atoms with Crippen molar-refractivity contribution < 1.29 is 4.79 Å². The monoisotopic (exact) mass is 343 g/mol. The second-order valence-corrected chi connectivity index (χ2v) is 7.25. The molecule has 4 rings (SSSR count). The Morgan fingerprint density at radius 3 is 2.84 bits per heavy atom. The predicted molar refractivity (Wildman–Crippen MR) is 92.0 cm³/mol. The maximum absolute atomic E-state index is 12.8. The van der Waals surface area contributed by atoms with Gasteiger partial charge in [-0.2, -0.15) is 5.10 Å². The summed E-state index contributed by atoms with van der Waals surface area (Å²) in [6, 6.07) is 2.60. The van der Waals surface area contributed by atoms with Gasteiger partial charge in [0.05, 0.1) is 12.2 Å². The molecule has 1 saturated carbocycles. The van der Waals surface area contributed by atoms with E-state index in [0.717, 1.165) is 50.8 Å². The third-order valence-electron chi connectivity index (χ3n) is 5.52. The first-order chi connectivity index (χ1) is 12.2. The van der Waals surface area contributed by atoms with Crippen LogP contribution in [0.25, 0.3) is 0 Å². The highest BCUT2D eigenvalue weighted by Gasteiger charge is 2.28. The Labute approximate surface area is 146 Å². The van der Waals surface area contributed by atoms with Gasteiger partial charge < -0.3 is 10.6 Å². The summed E-state index contributed by atoms with van der Waals surface area (Å²) in [5, 5.41) is 15.4. The fraction of sp³-hybridized carbons (Fsp3) is 0.647. The molecule has 1 aliphatic heterocycles. The summed E-state index contributed by atoms with van der Waals surface area (Å²) >= 11 is 0. The average molecular weight is 343 g/mol. The number of rotatable bonds is 3. The molecule has 2 fully saturated rings. The lowest BCUT2D eigenvalue weighted by Crippen LogP contribution is -2.39. The third kappa shape index (κ3) is 3.44. The third-order valence-corrected chi connectivity index (χ3v) is 5.52. The molecule has 0 radical (unpaired) electrons. The van der Waals surface area contributed by atoms with Crippen molar-refractivity contribution in [1.82, 2.24) is 30.1 Å². The number of nitrogens with one attached hydrogen (secondary N) is 1. The summed E-state index contributed by atoms with van der Waals surface area (Å²) in [6.07, 6.45) is 9.65. The maximum atomic E-state index is 12.8. The Kier molecular flexibility index (Phi) is 4.52. The number of amides is 1. The van der Waals surface area contributed by atoms with Crippen LogP contribution in [0.3, 0.4) is 0 Å². The highest BCUT2D eigenvalue weighted by molar-refractivity contribution is 5.92. The molecule has 2 aromatic heterocycles. The molecular formula is C17H25N7O. The molecule has 25 heavy (non-hydrogen) atoms. The van der Waals surface area contributed by atoms with Crippen molar-refractivity contribution in [3.8, 4) is 0 Å². The Bertz CT molecular complexity index is 702. The van der Waals surface area contributed by atoms with Gasteiger partial charge in [-0.05, 0) is 44.6 Å². The van der Waals surface area contributed by atoms with Crippen LogP contribution in [0.4, 0.5) is 0 Å². The maximum Gasteiger partial charge on any atom is 0.276 e. The van der Waals surface area contributed by atoms with Crippen molar-refractivity contribution in [3.63, 3.8) is 0 Å². The molecule has 1 saturated heterocycles. The van der Waals surface area contributed by atoms with Gasteiger partial charge in [-0.15, -0.1) is 5.10 Å². The number of carbonyl (C=O) groups is 1. The molecule has 2 aromatic rings. The topological polar surface area (TPSA) is 106 Å². The average Bonchev–Trinajstić information content (AvgIpc) is 3.34. The van der Waals surface area contributed by atoms with E-state index in [1.54, 1.807) is 6.20 Å². The molecule has 3 N–H and O–H groups in total. The summed E-state index contributed by atoms with van der Waals surface area (Å²) < 4.78 is 1.86. The van der Waals surface area contributed by atoms with Crippen LogP contribution in [0.5, 0.6) is 0 Å². The van der Waals surface area contributed by atoms with Crippen LogP contribution in [0.15, 0.2) is 18.5 Å². The zero-order valence-corrected chi connectivity index (χ0v) is 14.3. The second kappa shape index (κ2) is 6.95. The number of aromatic nitrogens is 5. The van der Waals surface area contributed by atoms with Gasteiger partial charge in [-0.25, -0.2) is 4.68 Å². The fourth-order valence-corrected chi connectivity index (χ4v) is 3.99. The van der Waals surface area contributed by atoms with Crippen LogP contribution in [-0.2, 0) is 0 Å². The first-order valence-electron chi connectivity index (χ1n) is 9.16. The van der Waals surface area contributed by atoms with Crippen LogP contribution in [-0.4, -0.2) is 55.1 Å². The second-order valence-electron chi connectivity index (χ2n) is 7.25. The number of H-pyrrole nitrogens is 1. The van der Waals surface area contributed by atoms with E-state index in [1.807, 2.05) is 21.8 Å². The van der Waals surface area contributed by atoms with E-state index in [1.165, 1.54) is 0 Å². The molecule has 8 nitrogen and oxygen atoms in total. The van der Waals surface area contributed by atoms with Crippen LogP contribution < -0.4 is 5.73 Å². The van der Waals surface area contributed by atoms with Crippen LogP contribution in [0.2, 0.25) is 0 Å². The lowest BCUT2D eigenvalue weighted by Gasteiger charge is -2.31. The van der Waals surface area contributed by atoms with Crippen LogP contribution in [0.1, 0.15) is 66.7 Å². The zero-order chi connectivity index (χ0) is 17.2. The summed E-state index contributed by atoms with van der Waals surface area (Å²) in [6.45, 7) is 1.47. The quantitative estimate of drug-likeness (QED) is 0.878. The van der Waals surface area contributed by atoms with E-state index in [4.69, 9.17) is 5.73 Å². The molecule has 0 unspecified atom stereocenters. The molecule has 3 heterocycles. The van der Waals surface area contributed by atoms with Gasteiger partial charge >= 0.3 is 0 Å². The minimum Gasteiger partial charge on any atom is -0.337 e. The molecule has 0 bridgehead atoms. The van der Waals surface area contributed by atoms with E-state index in [9.17, 15) is 4.79 Å². The summed E-state index contributed by atoms with van der Waals surface area (Å²) in [4.78, 5) is 14.7. The van der Waals surface area contributed by atoms with Crippen molar-refractivity contribution in [2.24, 2.45) is 5.73 Å². The largest absolute Gasteiger partial charge is 0.337 e. The van der Waals surface area contributed by atoms with Gasteiger partial charge in [0.2, 0.25) is 0 Å². The molecule has 1 amide bonds. The number of likely N-dealkylation sites (tertiary alicyclic amines) is 1. The Morgan fingerprint density at radius 2 is 2.08 bits per heavy atom. The summed E-state index contributed by atoms with van der Waals surface area (Å²) in [7, 11) is 0. The molecular weight excluding hydrogens is 318 g/mol. The molecule has 2 aliphatic rings. The number of carbonyl (C=O) groups excluding carboxylic acids is 1. The number of hydrogen-bond donors (Lipinski definition) is 2. The van der Waals surface area contributed by atoms with Gasteiger partial charge in [-0.1, -0.05) is 5.21 Å². The number of aromatic amines is 1. The van der Waals surface area contributed by atoms with E-state index in [0.29, 0.717) is 30.2 Å². The van der Waals surface area contributed by atoms with Gasteiger partial charge in [0.1, 0.15) is 0 Å². The first-order valence-corrected chi connectivity index (χ1v) is 9.16. The highest BCUT2D eigenvalue weighted by atomic mass is 16.2. The lowest BCUT2D eigenvalue weighted by atomic mass is 9.92. The Morgan fingerprint density at radius 1 is 1.24 bits per heavy atom. The van der Waals surface area contributed by atoms with Crippen molar-refractivity contribution in [2.45, 2.75) is 56.5 Å². The van der Waals surface area contributed by atoms with Crippen molar-refractivity contribution >= 4 is 5.91 Å². The van der Waals surface area contributed by atoms with E-state index < -0.39 is 0 Å². The first kappa shape index (κ1) is 16.3. The number of nitrogens with zero attached hydrogens (tertiary/aromatic N) is 5. The minimum absolute atomic E-state index is 0.0250.